The van der Waals surface area contributed by atoms with Crippen LogP contribution in [0.15, 0.2) is 15.9 Å². The smallest absolute Gasteiger partial charge is 0.313 e. The molecule has 0 aliphatic carbocycles. The highest BCUT2D eigenvalue weighted by molar-refractivity contribution is 9.08. The van der Waals surface area contributed by atoms with Gasteiger partial charge < -0.3 is 4.57 Å². The molecule has 0 aliphatic rings. The summed E-state index contributed by atoms with van der Waals surface area (Å²) in [6.45, 7) is 2.09. The third-order valence-electron chi connectivity index (χ3n) is 2.40. The summed E-state index contributed by atoms with van der Waals surface area (Å²) in [6, 6.07) is 0. The predicted octanol–water partition coefficient (Wildman–Crippen LogP) is 0.0780. The second-order valence-electron chi connectivity index (χ2n) is 3.40. The van der Waals surface area contributed by atoms with Gasteiger partial charge in [0, 0.05) is 7.05 Å². The lowest BCUT2D eigenvalue weighted by Gasteiger charge is -2.02. The molecule has 6 nitrogen and oxygen atoms in total. The molecule has 0 saturated heterocycles. The Morgan fingerprint density at radius 2 is 2.18 bits per heavy atom. The van der Waals surface area contributed by atoms with E-state index in [1.165, 1.54) is 10.9 Å². The first-order valence-electron chi connectivity index (χ1n) is 4.80. The Bertz CT molecular complexity index is 757. The summed E-state index contributed by atoms with van der Waals surface area (Å²) in [7, 11) is 1.56. The molecule has 2 heterocycles. The van der Waals surface area contributed by atoms with Crippen LogP contribution in [0.2, 0.25) is 0 Å². The highest BCUT2D eigenvalue weighted by atomic mass is 79.9. The molecule has 0 N–H and O–H groups in total. The van der Waals surface area contributed by atoms with Gasteiger partial charge in [-0.1, -0.05) is 5.92 Å². The molecule has 0 aromatic carbocycles. The molecule has 0 fully saturated rings. The maximum absolute atomic E-state index is 11.9. The maximum Gasteiger partial charge on any atom is 0.342 e. The number of hydrogen-bond donors (Lipinski definition) is 0. The topological polar surface area (TPSA) is 61.8 Å². The number of imidazole rings is 1. The normalized spacial score (nSPS) is 10.3. The van der Waals surface area contributed by atoms with Crippen LogP contribution < -0.4 is 11.2 Å². The summed E-state index contributed by atoms with van der Waals surface area (Å²) < 4.78 is 3.81. The van der Waals surface area contributed by atoms with Crippen molar-refractivity contribution in [2.45, 2.75) is 13.5 Å². The molecule has 0 spiro atoms. The van der Waals surface area contributed by atoms with Gasteiger partial charge in [0.15, 0.2) is 11.2 Å². The SMILES string of the molecule is CC#CCn1cnc2c1c(=O)n(Br)c(=O)n2C. The maximum atomic E-state index is 11.9. The zero-order valence-corrected chi connectivity index (χ0v) is 10.9. The van der Waals surface area contributed by atoms with Gasteiger partial charge in [0.25, 0.3) is 5.56 Å². The van der Waals surface area contributed by atoms with Crippen molar-refractivity contribution in [3.8, 4) is 11.8 Å². The van der Waals surface area contributed by atoms with E-state index in [1.807, 2.05) is 0 Å². The molecule has 0 unspecified atom stereocenters. The summed E-state index contributed by atoms with van der Waals surface area (Å²) in [5.74, 6) is 5.59. The summed E-state index contributed by atoms with van der Waals surface area (Å²) in [6.07, 6.45) is 1.50. The van der Waals surface area contributed by atoms with E-state index in [1.54, 1.807) is 18.5 Å². The number of halogens is 1. The van der Waals surface area contributed by atoms with Crippen LogP contribution in [0, 0.1) is 11.8 Å². The van der Waals surface area contributed by atoms with E-state index in [9.17, 15) is 9.59 Å². The molecule has 0 saturated carbocycles. The van der Waals surface area contributed by atoms with Crippen molar-refractivity contribution in [1.29, 1.82) is 0 Å². The van der Waals surface area contributed by atoms with Gasteiger partial charge in [0.2, 0.25) is 0 Å². The van der Waals surface area contributed by atoms with Gasteiger partial charge in [0.05, 0.1) is 29.0 Å². The van der Waals surface area contributed by atoms with Crippen molar-refractivity contribution in [3.63, 3.8) is 0 Å². The molecule has 17 heavy (non-hydrogen) atoms. The number of aromatic nitrogens is 4. The van der Waals surface area contributed by atoms with Gasteiger partial charge in [0.1, 0.15) is 0 Å². The quantitative estimate of drug-likeness (QED) is 0.700. The number of hydrogen-bond acceptors (Lipinski definition) is 3. The monoisotopic (exact) mass is 296 g/mol. The molecule has 0 radical (unpaired) electrons. The van der Waals surface area contributed by atoms with Crippen molar-refractivity contribution in [1.82, 2.24) is 17.7 Å². The van der Waals surface area contributed by atoms with E-state index in [0.717, 1.165) is 3.59 Å². The number of fused-ring (bicyclic) bond motifs is 1. The van der Waals surface area contributed by atoms with Gasteiger partial charge in [-0.3, -0.25) is 9.36 Å². The van der Waals surface area contributed by atoms with Gasteiger partial charge in [-0.25, -0.2) is 9.78 Å². The van der Waals surface area contributed by atoms with Crippen LogP contribution in [0.25, 0.3) is 11.2 Å². The first-order valence-corrected chi connectivity index (χ1v) is 5.51. The Morgan fingerprint density at radius 3 is 2.82 bits per heavy atom. The Morgan fingerprint density at radius 1 is 1.47 bits per heavy atom. The van der Waals surface area contributed by atoms with E-state index in [0.29, 0.717) is 17.7 Å². The molecule has 7 heteroatoms. The van der Waals surface area contributed by atoms with E-state index < -0.39 is 11.2 Å². The molecule has 0 atom stereocenters. The molecular weight excluding hydrogens is 288 g/mol. The Hall–Kier alpha value is -1.81. The van der Waals surface area contributed by atoms with Gasteiger partial charge >= 0.3 is 5.69 Å². The Kier molecular flexibility index (Phi) is 2.90. The number of aryl methyl sites for hydroxylation is 1. The van der Waals surface area contributed by atoms with E-state index in [2.05, 4.69) is 33.0 Å². The molecule has 0 aliphatic heterocycles. The van der Waals surface area contributed by atoms with Gasteiger partial charge in [-0.2, -0.15) is 3.59 Å². The summed E-state index contributed by atoms with van der Waals surface area (Å²) in [5.41, 5.74) is -0.187. The minimum Gasteiger partial charge on any atom is -0.313 e. The van der Waals surface area contributed by atoms with Gasteiger partial charge in [-0.05, 0) is 6.92 Å². The lowest BCUT2D eigenvalue weighted by molar-refractivity contribution is 0.808. The standard InChI is InChI=1S/C10H9BrN4O2/c1-3-4-5-14-6-12-8-7(14)9(16)15(11)10(17)13(8)2/h6H,5H2,1-2H3. The second kappa shape index (κ2) is 4.22. The van der Waals surface area contributed by atoms with Crippen LogP contribution in [0.3, 0.4) is 0 Å². The molecular formula is C10H9BrN4O2. The largest absolute Gasteiger partial charge is 0.342 e. The van der Waals surface area contributed by atoms with Crippen molar-refractivity contribution in [3.05, 3.63) is 27.2 Å². The van der Waals surface area contributed by atoms with Crippen LogP contribution in [0.4, 0.5) is 0 Å². The van der Waals surface area contributed by atoms with Crippen LogP contribution in [0.1, 0.15) is 6.92 Å². The minimum atomic E-state index is -0.464. The molecule has 2 rings (SSSR count). The highest BCUT2D eigenvalue weighted by Gasteiger charge is 2.14. The summed E-state index contributed by atoms with van der Waals surface area (Å²) in [5, 5.41) is 0. The average Bonchev–Trinajstić information content (AvgIpc) is 2.75. The molecule has 0 amide bonds. The highest BCUT2D eigenvalue weighted by Crippen LogP contribution is 2.05. The molecule has 88 valence electrons. The first-order chi connectivity index (χ1) is 8.07. The predicted molar refractivity (Wildman–Crippen MR) is 67.0 cm³/mol. The minimum absolute atomic E-state index is 0.353. The van der Waals surface area contributed by atoms with E-state index in [4.69, 9.17) is 0 Å². The third-order valence-corrected chi connectivity index (χ3v) is 3.02. The van der Waals surface area contributed by atoms with Crippen molar-refractivity contribution in [2.24, 2.45) is 7.05 Å². The van der Waals surface area contributed by atoms with Crippen molar-refractivity contribution in [2.75, 3.05) is 0 Å². The zero-order chi connectivity index (χ0) is 12.6. The Labute approximate surface area is 105 Å². The lowest BCUT2D eigenvalue weighted by Crippen LogP contribution is -2.34. The van der Waals surface area contributed by atoms with Crippen molar-refractivity contribution < 1.29 is 0 Å². The van der Waals surface area contributed by atoms with Gasteiger partial charge in [-0.15, -0.1) is 5.92 Å². The number of nitrogens with zero attached hydrogens (tertiary/aromatic N) is 4. The molecule has 0 bridgehead atoms. The first kappa shape index (κ1) is 11.7. The van der Waals surface area contributed by atoms with Crippen LogP contribution in [-0.2, 0) is 13.6 Å². The Balaban J connectivity index is 2.89. The zero-order valence-electron chi connectivity index (χ0n) is 9.27. The lowest BCUT2D eigenvalue weighted by atomic mass is 10.5. The van der Waals surface area contributed by atoms with Crippen molar-refractivity contribution >= 4 is 27.3 Å². The fraction of sp³-hybridized carbons (Fsp3) is 0.300. The third kappa shape index (κ3) is 1.70. The van der Waals surface area contributed by atoms with Crippen LogP contribution in [-0.4, -0.2) is 17.7 Å². The van der Waals surface area contributed by atoms with E-state index in [-0.39, 0.29) is 0 Å². The molecule has 2 aromatic heterocycles. The molecule has 2 aromatic rings. The summed E-state index contributed by atoms with van der Waals surface area (Å²) >= 11 is 2.93. The second-order valence-corrected chi connectivity index (χ2v) is 4.11. The van der Waals surface area contributed by atoms with Crippen LogP contribution >= 0.6 is 16.1 Å². The average molecular weight is 297 g/mol. The fourth-order valence-electron chi connectivity index (χ4n) is 1.52. The van der Waals surface area contributed by atoms with Crippen LogP contribution in [0.5, 0.6) is 0 Å². The number of rotatable bonds is 1. The fourth-order valence-corrected chi connectivity index (χ4v) is 1.93. The summed E-state index contributed by atoms with van der Waals surface area (Å²) in [4.78, 5) is 27.6. The van der Waals surface area contributed by atoms with E-state index >= 15 is 0 Å².